The maximum Gasteiger partial charge on any atom is 0.317 e. The lowest BCUT2D eigenvalue weighted by Gasteiger charge is -2.35. The van der Waals surface area contributed by atoms with E-state index in [4.69, 9.17) is 4.74 Å². The Balaban J connectivity index is 2.25. The molecule has 2 aliphatic rings. The summed E-state index contributed by atoms with van der Waals surface area (Å²) in [7, 11) is -1.39. The highest BCUT2D eigenvalue weighted by Crippen LogP contribution is 2.42. The molecule has 100 valence electrons. The van der Waals surface area contributed by atoms with Crippen LogP contribution in [0.4, 0.5) is 0 Å². The van der Waals surface area contributed by atoms with Gasteiger partial charge in [0.05, 0.1) is 19.9 Å². The van der Waals surface area contributed by atoms with Gasteiger partial charge in [-0.05, 0) is 12.8 Å². The summed E-state index contributed by atoms with van der Waals surface area (Å²) in [5.74, 6) is -0.980. The Bertz CT molecular complexity index is 388. The van der Waals surface area contributed by atoms with Crippen LogP contribution in [-0.2, 0) is 14.3 Å². The molecule has 0 amide bonds. The predicted molar refractivity (Wildman–Crippen MR) is 72.6 cm³/mol. The minimum atomic E-state index is -1.39. The van der Waals surface area contributed by atoms with Crippen molar-refractivity contribution in [1.82, 2.24) is 0 Å². The molecule has 0 aromatic carbocycles. The van der Waals surface area contributed by atoms with E-state index in [0.29, 0.717) is 6.42 Å². The van der Waals surface area contributed by atoms with Gasteiger partial charge in [-0.2, -0.15) is 0 Å². The third-order valence-electron chi connectivity index (χ3n) is 5.06. The molecule has 4 heteroatoms. The van der Waals surface area contributed by atoms with E-state index in [1.54, 1.807) is 0 Å². The molecular weight excluding hydrogens is 244 g/mol. The Hall–Kier alpha value is -0.903. The zero-order valence-corrected chi connectivity index (χ0v) is 12.5. The molecule has 2 atom stereocenters. The van der Waals surface area contributed by atoms with E-state index in [1.165, 1.54) is 23.3 Å². The third kappa shape index (κ3) is 1.96. The average Bonchev–Trinajstić information content (AvgIpc) is 2.68. The zero-order valence-electron chi connectivity index (χ0n) is 11.5. The van der Waals surface area contributed by atoms with E-state index in [2.05, 4.69) is 26.8 Å². The van der Waals surface area contributed by atoms with Crippen molar-refractivity contribution in [3.8, 4) is 0 Å². The lowest BCUT2D eigenvalue weighted by atomic mass is 9.85. The number of allylic oxidation sites excluding steroid dienone is 2. The lowest BCUT2D eigenvalue weighted by Crippen LogP contribution is -2.38. The summed E-state index contributed by atoms with van der Waals surface area (Å²) >= 11 is 0. The van der Waals surface area contributed by atoms with E-state index >= 15 is 0 Å². The fourth-order valence-corrected chi connectivity index (χ4v) is 7.58. The van der Waals surface area contributed by atoms with Crippen LogP contribution >= 0.6 is 0 Å². The third-order valence-corrected chi connectivity index (χ3v) is 10.9. The van der Waals surface area contributed by atoms with E-state index in [9.17, 15) is 9.59 Å². The Morgan fingerprint density at radius 2 is 1.67 bits per heavy atom. The van der Waals surface area contributed by atoms with Crippen LogP contribution in [0.1, 0.15) is 33.6 Å². The molecule has 1 aliphatic heterocycles. The van der Waals surface area contributed by atoms with Crippen LogP contribution in [0.2, 0.25) is 18.1 Å². The quantitative estimate of drug-likeness (QED) is 0.446. The second-order valence-electron chi connectivity index (χ2n) is 5.46. The van der Waals surface area contributed by atoms with Gasteiger partial charge in [0.2, 0.25) is 0 Å². The summed E-state index contributed by atoms with van der Waals surface area (Å²) in [6.45, 7) is 6.80. The van der Waals surface area contributed by atoms with Gasteiger partial charge in [-0.15, -0.1) is 0 Å². The highest BCUT2D eigenvalue weighted by molar-refractivity contribution is 6.86. The van der Waals surface area contributed by atoms with Crippen LogP contribution in [0, 0.1) is 11.8 Å². The summed E-state index contributed by atoms with van der Waals surface area (Å²) in [5, 5.41) is 1.50. The Morgan fingerprint density at radius 1 is 1.11 bits per heavy atom. The molecule has 0 N–H and O–H groups in total. The summed E-state index contributed by atoms with van der Waals surface area (Å²) in [4.78, 5) is 23.2. The van der Waals surface area contributed by atoms with Crippen molar-refractivity contribution in [3.63, 3.8) is 0 Å². The highest BCUT2D eigenvalue weighted by Gasteiger charge is 2.48. The molecule has 0 aromatic heterocycles. The fourth-order valence-electron chi connectivity index (χ4n) is 3.52. The summed E-state index contributed by atoms with van der Waals surface area (Å²) < 4.78 is 4.77. The van der Waals surface area contributed by atoms with Gasteiger partial charge in [-0.25, -0.2) is 0 Å². The zero-order chi connectivity index (χ0) is 13.3. The Morgan fingerprint density at radius 3 is 2.22 bits per heavy atom. The van der Waals surface area contributed by atoms with Crippen molar-refractivity contribution in [3.05, 3.63) is 11.3 Å². The average molecular weight is 266 g/mol. The van der Waals surface area contributed by atoms with Crippen molar-refractivity contribution in [2.45, 2.75) is 51.7 Å². The van der Waals surface area contributed by atoms with E-state index in [1.807, 2.05) is 0 Å². The second-order valence-corrected chi connectivity index (χ2v) is 10.8. The number of fused-ring (bicyclic) bond motifs is 1. The first kappa shape index (κ1) is 13.5. The number of hydrogen-bond acceptors (Lipinski definition) is 3. The second kappa shape index (κ2) is 5.00. The summed E-state index contributed by atoms with van der Waals surface area (Å²) in [6.07, 6.45) is 3.74. The first-order valence-corrected chi connectivity index (χ1v) is 9.65. The van der Waals surface area contributed by atoms with Crippen LogP contribution in [0.25, 0.3) is 0 Å². The van der Waals surface area contributed by atoms with Crippen molar-refractivity contribution in [2.75, 3.05) is 0 Å². The molecule has 0 saturated carbocycles. The molecule has 2 unspecified atom stereocenters. The normalized spacial score (nSPS) is 27.8. The molecule has 0 radical (unpaired) electrons. The largest absolute Gasteiger partial charge is 0.393 e. The predicted octanol–water partition coefficient (Wildman–Crippen LogP) is 3.07. The Kier molecular flexibility index (Phi) is 3.75. The van der Waals surface area contributed by atoms with Gasteiger partial charge >= 0.3 is 11.9 Å². The number of rotatable bonds is 4. The molecule has 0 aromatic rings. The van der Waals surface area contributed by atoms with Gasteiger partial charge in [-0.1, -0.05) is 50.2 Å². The molecule has 1 fully saturated rings. The lowest BCUT2D eigenvalue weighted by molar-refractivity contribution is -0.153. The standard InChI is InChI=1S/C14H22O3Si/c1-4-18(5-2,6-3)10-7-8-11-12(9-10)14(16)17-13(11)15/h7,11-12H,4-6,8-9H2,1-3H3. The fraction of sp³-hybridized carbons (Fsp3) is 0.714. The molecule has 1 aliphatic carbocycles. The van der Waals surface area contributed by atoms with Gasteiger partial charge < -0.3 is 4.74 Å². The van der Waals surface area contributed by atoms with Gasteiger partial charge in [0.25, 0.3) is 0 Å². The molecule has 2 rings (SSSR count). The van der Waals surface area contributed by atoms with Gasteiger partial charge in [0.1, 0.15) is 0 Å². The van der Waals surface area contributed by atoms with Crippen molar-refractivity contribution >= 4 is 20.0 Å². The van der Waals surface area contributed by atoms with Gasteiger partial charge in [-0.3, -0.25) is 9.59 Å². The molecule has 1 saturated heterocycles. The SMILES string of the molecule is CC[Si](CC)(CC)C1=CCC2C(=O)OC(=O)C2C1. The number of ether oxygens (including phenoxy) is 1. The number of hydrogen-bond donors (Lipinski definition) is 0. The van der Waals surface area contributed by atoms with Crippen LogP contribution in [0.15, 0.2) is 11.3 Å². The minimum Gasteiger partial charge on any atom is -0.393 e. The number of carbonyl (C=O) groups excluding carboxylic acids is 2. The van der Waals surface area contributed by atoms with Crippen LogP contribution in [0.3, 0.4) is 0 Å². The van der Waals surface area contributed by atoms with E-state index in [-0.39, 0.29) is 23.8 Å². The van der Waals surface area contributed by atoms with Gasteiger partial charge in [0.15, 0.2) is 0 Å². The van der Waals surface area contributed by atoms with Crippen molar-refractivity contribution in [2.24, 2.45) is 11.8 Å². The summed E-state index contributed by atoms with van der Waals surface area (Å²) in [6, 6.07) is 3.69. The summed E-state index contributed by atoms with van der Waals surface area (Å²) in [5.41, 5.74) is 0. The van der Waals surface area contributed by atoms with Crippen LogP contribution in [0.5, 0.6) is 0 Å². The highest BCUT2D eigenvalue weighted by atomic mass is 28.3. The van der Waals surface area contributed by atoms with E-state index in [0.717, 1.165) is 6.42 Å². The van der Waals surface area contributed by atoms with Crippen LogP contribution in [-0.4, -0.2) is 20.0 Å². The Labute approximate surface area is 110 Å². The van der Waals surface area contributed by atoms with E-state index < -0.39 is 8.07 Å². The molecule has 3 nitrogen and oxygen atoms in total. The molecule has 1 heterocycles. The molecule has 0 bridgehead atoms. The molecule has 18 heavy (non-hydrogen) atoms. The minimum absolute atomic E-state index is 0.186. The number of cyclic esters (lactones) is 2. The maximum absolute atomic E-state index is 11.7. The molecular formula is C14H22O3Si. The van der Waals surface area contributed by atoms with Crippen molar-refractivity contribution < 1.29 is 14.3 Å². The molecule has 0 spiro atoms. The number of esters is 2. The maximum atomic E-state index is 11.7. The number of carbonyl (C=O) groups is 2. The first-order valence-electron chi connectivity index (χ1n) is 7.03. The monoisotopic (exact) mass is 266 g/mol. The topological polar surface area (TPSA) is 43.4 Å². The van der Waals surface area contributed by atoms with Crippen LogP contribution < -0.4 is 0 Å². The smallest absolute Gasteiger partial charge is 0.317 e. The van der Waals surface area contributed by atoms with Gasteiger partial charge in [0, 0.05) is 0 Å². The van der Waals surface area contributed by atoms with Crippen molar-refractivity contribution in [1.29, 1.82) is 0 Å². The first-order chi connectivity index (χ1) is 8.57.